The van der Waals surface area contributed by atoms with Crippen LogP contribution in [0.3, 0.4) is 0 Å². The van der Waals surface area contributed by atoms with Crippen molar-refractivity contribution in [1.82, 2.24) is 9.97 Å². The van der Waals surface area contributed by atoms with Gasteiger partial charge in [0.1, 0.15) is 5.75 Å². The summed E-state index contributed by atoms with van der Waals surface area (Å²) in [5, 5.41) is 0. The van der Waals surface area contributed by atoms with Crippen molar-refractivity contribution in [2.24, 2.45) is 5.92 Å². The normalized spacial score (nSPS) is 12.4. The molecule has 0 fully saturated rings. The molecule has 2 rings (SSSR count). The number of ether oxygens (including phenoxy) is 1. The molecule has 1 heterocycles. The molecule has 1 aromatic heterocycles. The van der Waals surface area contributed by atoms with Crippen molar-refractivity contribution in [1.29, 1.82) is 0 Å². The second-order valence-electron chi connectivity index (χ2n) is 8.66. The van der Waals surface area contributed by atoms with Gasteiger partial charge in [-0.25, -0.2) is 9.97 Å². The molecule has 170 valence electrons. The van der Waals surface area contributed by atoms with Crippen molar-refractivity contribution in [2.45, 2.75) is 91.4 Å². The average Bonchev–Trinajstić information content (AvgIpc) is 2.81. The Kier molecular flexibility index (Phi) is 12.6. The van der Waals surface area contributed by atoms with E-state index < -0.39 is 0 Å². The summed E-state index contributed by atoms with van der Waals surface area (Å²) >= 11 is 0. The van der Waals surface area contributed by atoms with Gasteiger partial charge in [-0.2, -0.15) is 0 Å². The highest BCUT2D eigenvalue weighted by Crippen LogP contribution is 2.20. The van der Waals surface area contributed by atoms with Crippen LogP contribution < -0.4 is 4.74 Å². The van der Waals surface area contributed by atoms with Crippen LogP contribution in [0, 0.1) is 5.92 Å². The van der Waals surface area contributed by atoms with E-state index in [1.165, 1.54) is 56.9 Å². The first-order chi connectivity index (χ1) is 15.2. The minimum Gasteiger partial charge on any atom is -0.494 e. The Hall–Kier alpha value is -2.16. The molecule has 0 saturated heterocycles. The van der Waals surface area contributed by atoms with Gasteiger partial charge in [-0.1, -0.05) is 65.0 Å². The number of hydrogen-bond acceptors (Lipinski definition) is 3. The first kappa shape index (κ1) is 25.1. The van der Waals surface area contributed by atoms with Crippen LogP contribution in [-0.4, -0.2) is 16.6 Å². The van der Waals surface area contributed by atoms with Gasteiger partial charge in [-0.15, -0.1) is 0 Å². The summed E-state index contributed by atoms with van der Waals surface area (Å²) < 4.78 is 5.88. The van der Waals surface area contributed by atoms with E-state index >= 15 is 0 Å². The molecule has 1 aromatic carbocycles. The second kappa shape index (κ2) is 15.6. The highest BCUT2D eigenvalue weighted by atomic mass is 16.5. The van der Waals surface area contributed by atoms with Crippen molar-refractivity contribution in [3.05, 3.63) is 54.4 Å². The molecule has 0 bridgehead atoms. The third-order valence-corrected chi connectivity index (χ3v) is 5.85. The maximum Gasteiger partial charge on any atom is 0.159 e. The molecule has 3 heteroatoms. The third-order valence-electron chi connectivity index (χ3n) is 5.85. The minimum absolute atomic E-state index is 0.768. The van der Waals surface area contributed by atoms with E-state index in [1.54, 1.807) is 0 Å². The number of allylic oxidation sites excluding steroid dienone is 2. The molecular weight excluding hydrogens is 380 g/mol. The van der Waals surface area contributed by atoms with E-state index in [0.29, 0.717) is 0 Å². The predicted octanol–water partition coefficient (Wildman–Crippen LogP) is 8.20. The minimum atomic E-state index is 0.768. The van der Waals surface area contributed by atoms with Crippen molar-refractivity contribution < 1.29 is 4.74 Å². The van der Waals surface area contributed by atoms with Crippen LogP contribution in [0.5, 0.6) is 5.75 Å². The zero-order valence-corrected chi connectivity index (χ0v) is 20.0. The molecule has 2 aromatic rings. The number of nitrogens with zero attached hydrogens (tertiary/aromatic N) is 2. The van der Waals surface area contributed by atoms with Gasteiger partial charge in [-0.3, -0.25) is 0 Å². The van der Waals surface area contributed by atoms with Crippen molar-refractivity contribution >= 4 is 0 Å². The Labute approximate surface area is 190 Å². The van der Waals surface area contributed by atoms with E-state index in [1.807, 2.05) is 36.7 Å². The van der Waals surface area contributed by atoms with Crippen molar-refractivity contribution in [2.75, 3.05) is 6.61 Å². The second-order valence-corrected chi connectivity index (χ2v) is 8.66. The van der Waals surface area contributed by atoms with Crippen LogP contribution in [0.2, 0.25) is 0 Å². The molecule has 0 radical (unpaired) electrons. The van der Waals surface area contributed by atoms with Gasteiger partial charge in [0.05, 0.1) is 6.61 Å². The maximum absolute atomic E-state index is 5.88. The number of hydrogen-bond donors (Lipinski definition) is 0. The zero-order valence-electron chi connectivity index (χ0n) is 20.0. The third kappa shape index (κ3) is 10.6. The molecule has 3 nitrogen and oxygen atoms in total. The van der Waals surface area contributed by atoms with Crippen molar-refractivity contribution in [3.63, 3.8) is 0 Å². The summed E-state index contributed by atoms with van der Waals surface area (Å²) in [6.45, 7) is 7.61. The molecule has 0 aliphatic carbocycles. The van der Waals surface area contributed by atoms with Gasteiger partial charge in [0.2, 0.25) is 0 Å². The van der Waals surface area contributed by atoms with Gasteiger partial charge in [-0.05, 0) is 74.3 Å². The van der Waals surface area contributed by atoms with Crippen LogP contribution in [0.25, 0.3) is 11.4 Å². The number of aromatic nitrogens is 2. The number of benzene rings is 1. The molecule has 0 spiro atoms. The molecule has 0 unspecified atom stereocenters. The van der Waals surface area contributed by atoms with Gasteiger partial charge in [0.25, 0.3) is 0 Å². The summed E-state index contributed by atoms with van der Waals surface area (Å²) in [4.78, 5) is 9.15. The summed E-state index contributed by atoms with van der Waals surface area (Å²) in [5.41, 5.74) is 2.26. The van der Waals surface area contributed by atoms with Crippen LogP contribution in [-0.2, 0) is 6.42 Å². The molecule has 0 N–H and O–H groups in total. The Morgan fingerprint density at radius 2 is 1.58 bits per heavy atom. The Morgan fingerprint density at radius 1 is 0.871 bits per heavy atom. The lowest BCUT2D eigenvalue weighted by Crippen LogP contribution is -1.97. The summed E-state index contributed by atoms with van der Waals surface area (Å²) in [7, 11) is 0. The van der Waals surface area contributed by atoms with Gasteiger partial charge in [0, 0.05) is 18.0 Å². The first-order valence-electron chi connectivity index (χ1n) is 12.4. The number of aryl methyl sites for hydroxylation is 1. The van der Waals surface area contributed by atoms with Crippen molar-refractivity contribution in [3.8, 4) is 17.1 Å². The smallest absolute Gasteiger partial charge is 0.159 e. The lowest BCUT2D eigenvalue weighted by Gasteiger charge is -2.08. The molecule has 0 aliphatic rings. The van der Waals surface area contributed by atoms with Gasteiger partial charge >= 0.3 is 0 Å². The largest absolute Gasteiger partial charge is 0.494 e. The number of rotatable bonds is 16. The molecular formula is C28H42N2O. The SMILES string of the molecule is CCCCC=CCCCCOc1ccc(-c2ncc(CCCC[C@@H](C)CC)cn2)cc1. The summed E-state index contributed by atoms with van der Waals surface area (Å²) in [6, 6.07) is 8.14. The van der Waals surface area contributed by atoms with E-state index in [-0.39, 0.29) is 0 Å². The summed E-state index contributed by atoms with van der Waals surface area (Å²) in [6.07, 6.45) is 21.9. The Morgan fingerprint density at radius 3 is 2.26 bits per heavy atom. The predicted molar refractivity (Wildman–Crippen MR) is 132 cm³/mol. The van der Waals surface area contributed by atoms with Gasteiger partial charge < -0.3 is 4.74 Å². The fourth-order valence-electron chi connectivity index (χ4n) is 3.47. The van der Waals surface area contributed by atoms with Gasteiger partial charge in [0.15, 0.2) is 5.82 Å². The fraction of sp³-hybridized carbons (Fsp3) is 0.571. The standard InChI is InChI=1S/C28H42N2O/c1-4-6-7-8-9-10-11-14-21-31-27-19-17-26(18-20-27)28-29-22-25(23-30-28)16-13-12-15-24(3)5-2/h8-9,17-20,22-24H,4-7,10-16,21H2,1-3H3/t24-/m0/s1. The Balaban J connectivity index is 1.67. The van der Waals surface area contributed by atoms with E-state index in [4.69, 9.17) is 4.74 Å². The topological polar surface area (TPSA) is 35.0 Å². The monoisotopic (exact) mass is 422 g/mol. The van der Waals surface area contributed by atoms with E-state index in [0.717, 1.165) is 48.9 Å². The average molecular weight is 423 g/mol. The van der Waals surface area contributed by atoms with Crippen LogP contribution in [0.4, 0.5) is 0 Å². The van der Waals surface area contributed by atoms with E-state index in [9.17, 15) is 0 Å². The zero-order chi connectivity index (χ0) is 22.2. The molecule has 31 heavy (non-hydrogen) atoms. The quantitative estimate of drug-likeness (QED) is 0.202. The molecule has 0 aliphatic heterocycles. The fourth-order valence-corrected chi connectivity index (χ4v) is 3.47. The molecule has 0 amide bonds. The highest BCUT2D eigenvalue weighted by Gasteiger charge is 2.04. The maximum atomic E-state index is 5.88. The van der Waals surface area contributed by atoms with E-state index in [2.05, 4.69) is 42.9 Å². The molecule has 0 saturated carbocycles. The van der Waals surface area contributed by atoms with Crippen LogP contribution in [0.15, 0.2) is 48.8 Å². The van der Waals surface area contributed by atoms with Crippen LogP contribution in [0.1, 0.15) is 90.5 Å². The molecule has 1 atom stereocenters. The number of unbranched alkanes of at least 4 members (excludes halogenated alkanes) is 5. The summed E-state index contributed by atoms with van der Waals surface area (Å²) in [5.74, 6) is 2.54. The lowest BCUT2D eigenvalue weighted by atomic mass is 10.00. The highest BCUT2D eigenvalue weighted by molar-refractivity contribution is 5.55. The lowest BCUT2D eigenvalue weighted by molar-refractivity contribution is 0.307. The first-order valence-corrected chi connectivity index (χ1v) is 12.4. The Bertz CT molecular complexity index is 722. The van der Waals surface area contributed by atoms with Crippen LogP contribution >= 0.6 is 0 Å².